The first-order valence-electron chi connectivity index (χ1n) is 9.14. The van der Waals surface area contributed by atoms with Gasteiger partial charge in [-0.3, -0.25) is 4.57 Å². The van der Waals surface area contributed by atoms with Crippen molar-refractivity contribution in [1.82, 2.24) is 9.55 Å². The van der Waals surface area contributed by atoms with Crippen molar-refractivity contribution in [1.29, 1.82) is 0 Å². The summed E-state index contributed by atoms with van der Waals surface area (Å²) in [5, 5.41) is 0. The Kier molecular flexibility index (Phi) is 4.90. The lowest BCUT2D eigenvalue weighted by atomic mass is 10.1. The molecule has 0 aliphatic rings. The first-order valence-corrected chi connectivity index (χ1v) is 9.14. The predicted molar refractivity (Wildman–Crippen MR) is 103 cm³/mol. The van der Waals surface area contributed by atoms with Crippen LogP contribution in [-0.2, 0) is 0 Å². The van der Waals surface area contributed by atoms with Crippen LogP contribution in [-0.4, -0.2) is 9.55 Å². The Hall–Kier alpha value is -2.56. The molecule has 0 unspecified atom stereocenters. The first kappa shape index (κ1) is 18.2. The molecule has 0 aliphatic carbocycles. The monoisotopic (exact) mass is 354 g/mol. The van der Waals surface area contributed by atoms with Gasteiger partial charge in [0.2, 0.25) is 5.58 Å². The summed E-state index contributed by atoms with van der Waals surface area (Å²) in [7, 11) is 0. The molecule has 0 saturated carbocycles. The molecular formula is C21H26N2O3. The number of hydrogen-bond donors (Lipinski definition) is 0. The average Bonchev–Trinajstić information content (AvgIpc) is 2.89. The van der Waals surface area contributed by atoms with Gasteiger partial charge in [0.25, 0.3) is 5.88 Å². The zero-order chi connectivity index (χ0) is 19.0. The number of oxazole rings is 1. The topological polar surface area (TPSA) is 57.3 Å². The molecule has 2 heterocycles. The van der Waals surface area contributed by atoms with E-state index < -0.39 is 0 Å². The summed E-state index contributed by atoms with van der Waals surface area (Å²) in [6.07, 6.45) is 1.72. The molecule has 26 heavy (non-hydrogen) atoms. The normalized spacial score (nSPS) is 11.5. The summed E-state index contributed by atoms with van der Waals surface area (Å²) in [6.45, 7) is 12.1. The molecule has 5 heteroatoms. The molecule has 0 saturated heterocycles. The third-order valence-corrected chi connectivity index (χ3v) is 4.81. The Labute approximate surface area is 153 Å². The van der Waals surface area contributed by atoms with Crippen LogP contribution < -0.4 is 10.5 Å². The smallest absolute Gasteiger partial charge is 0.420 e. The van der Waals surface area contributed by atoms with Crippen LogP contribution in [0.1, 0.15) is 55.1 Å². The summed E-state index contributed by atoms with van der Waals surface area (Å²) in [6, 6.07) is 6.13. The van der Waals surface area contributed by atoms with Crippen molar-refractivity contribution in [2.24, 2.45) is 0 Å². The summed E-state index contributed by atoms with van der Waals surface area (Å²) in [5.74, 6) is 0.744. The van der Waals surface area contributed by atoms with Gasteiger partial charge in [-0.2, -0.15) is 0 Å². The Morgan fingerprint density at radius 3 is 2.27 bits per heavy atom. The van der Waals surface area contributed by atoms with E-state index in [0.29, 0.717) is 11.5 Å². The maximum absolute atomic E-state index is 12.5. The van der Waals surface area contributed by atoms with E-state index in [0.717, 1.165) is 40.9 Å². The number of aromatic nitrogens is 2. The highest BCUT2D eigenvalue weighted by Gasteiger charge is 2.21. The molecule has 0 radical (unpaired) electrons. The van der Waals surface area contributed by atoms with Crippen LogP contribution in [0.25, 0.3) is 11.1 Å². The first-order chi connectivity index (χ1) is 12.3. The van der Waals surface area contributed by atoms with E-state index in [4.69, 9.17) is 9.15 Å². The minimum atomic E-state index is -0.358. The third-order valence-electron chi connectivity index (χ3n) is 4.81. The zero-order valence-corrected chi connectivity index (χ0v) is 16.3. The van der Waals surface area contributed by atoms with Crippen LogP contribution >= 0.6 is 0 Å². The van der Waals surface area contributed by atoms with Crippen LogP contribution in [0.2, 0.25) is 0 Å². The van der Waals surface area contributed by atoms with Crippen molar-refractivity contribution in [2.75, 3.05) is 0 Å². The average molecular weight is 354 g/mol. The quantitative estimate of drug-likeness (QED) is 0.617. The van der Waals surface area contributed by atoms with Crippen molar-refractivity contribution in [2.45, 2.75) is 60.4 Å². The number of ether oxygens (including phenoxy) is 1. The lowest BCUT2D eigenvalue weighted by Gasteiger charge is -2.15. The lowest BCUT2D eigenvalue weighted by Crippen LogP contribution is -2.19. The molecule has 0 N–H and O–H groups in total. The molecule has 0 amide bonds. The van der Waals surface area contributed by atoms with Crippen LogP contribution in [0.3, 0.4) is 0 Å². The molecule has 0 fully saturated rings. The molecule has 3 aromatic rings. The van der Waals surface area contributed by atoms with Gasteiger partial charge in [0, 0.05) is 11.7 Å². The van der Waals surface area contributed by atoms with Crippen molar-refractivity contribution < 1.29 is 9.15 Å². The second-order valence-corrected chi connectivity index (χ2v) is 6.96. The third kappa shape index (κ3) is 3.14. The van der Waals surface area contributed by atoms with Crippen molar-refractivity contribution in [3.63, 3.8) is 0 Å². The second-order valence-electron chi connectivity index (χ2n) is 6.96. The molecule has 138 valence electrons. The number of pyridine rings is 1. The number of fused-ring (bicyclic) bond motifs is 1. The predicted octanol–water partition coefficient (Wildman–Crippen LogP) is 5.38. The van der Waals surface area contributed by atoms with E-state index >= 15 is 0 Å². The largest absolute Gasteiger partial charge is 0.435 e. The molecule has 2 aromatic heterocycles. The number of nitrogens with zero attached hydrogens (tertiary/aromatic N) is 2. The number of aryl methyl sites for hydroxylation is 4. The Morgan fingerprint density at radius 2 is 1.69 bits per heavy atom. The minimum absolute atomic E-state index is 0.0984. The highest BCUT2D eigenvalue weighted by Crippen LogP contribution is 2.34. The van der Waals surface area contributed by atoms with Crippen molar-refractivity contribution >= 4 is 11.1 Å². The fraction of sp³-hybridized carbons (Fsp3) is 0.429. The van der Waals surface area contributed by atoms with Crippen LogP contribution in [0, 0.1) is 27.7 Å². The van der Waals surface area contributed by atoms with Gasteiger partial charge in [-0.25, -0.2) is 9.78 Å². The number of hydrogen-bond acceptors (Lipinski definition) is 4. The van der Waals surface area contributed by atoms with E-state index in [1.54, 1.807) is 4.57 Å². The number of rotatable bonds is 5. The van der Waals surface area contributed by atoms with Gasteiger partial charge < -0.3 is 9.15 Å². The maximum atomic E-state index is 12.5. The SMILES string of the molecule is CCC(CC)n1c(=O)oc2c(Oc3c(C)cc(C)cc3C)nc(C)cc21. The molecule has 0 aliphatic heterocycles. The van der Waals surface area contributed by atoms with Crippen LogP contribution in [0.15, 0.2) is 27.4 Å². The van der Waals surface area contributed by atoms with Crippen LogP contribution in [0.5, 0.6) is 11.6 Å². The molecule has 0 bridgehead atoms. The van der Waals surface area contributed by atoms with Gasteiger partial charge in [0.1, 0.15) is 5.75 Å². The fourth-order valence-electron chi connectivity index (χ4n) is 3.62. The van der Waals surface area contributed by atoms with Gasteiger partial charge in [0.15, 0.2) is 0 Å². The van der Waals surface area contributed by atoms with Gasteiger partial charge >= 0.3 is 5.76 Å². The lowest BCUT2D eigenvalue weighted by molar-refractivity contribution is 0.412. The van der Waals surface area contributed by atoms with Gasteiger partial charge in [-0.05, 0) is 57.7 Å². The van der Waals surface area contributed by atoms with Crippen molar-refractivity contribution in [3.8, 4) is 11.6 Å². The molecular weight excluding hydrogens is 328 g/mol. The molecule has 1 aromatic carbocycles. The zero-order valence-electron chi connectivity index (χ0n) is 16.3. The van der Waals surface area contributed by atoms with E-state index in [-0.39, 0.29) is 11.8 Å². The van der Waals surface area contributed by atoms with Crippen molar-refractivity contribution in [3.05, 3.63) is 51.1 Å². The molecule has 5 nitrogen and oxygen atoms in total. The van der Waals surface area contributed by atoms with Gasteiger partial charge in [-0.1, -0.05) is 31.5 Å². The highest BCUT2D eigenvalue weighted by molar-refractivity contribution is 5.79. The van der Waals surface area contributed by atoms with Gasteiger partial charge in [0.05, 0.1) is 5.52 Å². The summed E-state index contributed by atoms with van der Waals surface area (Å²) >= 11 is 0. The summed E-state index contributed by atoms with van der Waals surface area (Å²) in [4.78, 5) is 17.0. The Bertz CT molecular complexity index is 987. The number of benzene rings is 1. The molecule has 0 spiro atoms. The van der Waals surface area contributed by atoms with E-state index in [2.05, 4.69) is 37.9 Å². The summed E-state index contributed by atoms with van der Waals surface area (Å²) < 4.78 is 13.4. The Balaban J connectivity index is 2.19. The van der Waals surface area contributed by atoms with E-state index in [1.165, 1.54) is 5.56 Å². The molecule has 3 rings (SSSR count). The fourth-order valence-corrected chi connectivity index (χ4v) is 3.62. The Morgan fingerprint density at radius 1 is 1.08 bits per heavy atom. The van der Waals surface area contributed by atoms with Gasteiger partial charge in [-0.15, -0.1) is 0 Å². The van der Waals surface area contributed by atoms with Crippen LogP contribution in [0.4, 0.5) is 0 Å². The van der Waals surface area contributed by atoms with E-state index in [9.17, 15) is 4.79 Å². The maximum Gasteiger partial charge on any atom is 0.420 e. The minimum Gasteiger partial charge on any atom is -0.435 e. The van der Waals surface area contributed by atoms with E-state index in [1.807, 2.05) is 26.8 Å². The standard InChI is InChI=1S/C21H26N2O3/c1-7-16(8-2)23-17-11-15(6)22-20(19(17)26-21(23)24)25-18-13(4)9-12(3)10-14(18)5/h9-11,16H,7-8H2,1-6H3. The summed E-state index contributed by atoms with van der Waals surface area (Å²) in [5.41, 5.74) is 5.18. The highest BCUT2D eigenvalue weighted by atomic mass is 16.5. The second kappa shape index (κ2) is 6.98. The molecule has 0 atom stereocenters.